The van der Waals surface area contributed by atoms with E-state index >= 15 is 0 Å². The molecule has 0 spiro atoms. The Morgan fingerprint density at radius 3 is 2.56 bits per heavy atom. The van der Waals surface area contributed by atoms with Crippen molar-refractivity contribution in [3.05, 3.63) is 18.0 Å². The van der Waals surface area contributed by atoms with E-state index in [2.05, 4.69) is 37.1 Å². The van der Waals surface area contributed by atoms with Gasteiger partial charge in [-0.25, -0.2) is 0 Å². The van der Waals surface area contributed by atoms with Crippen LogP contribution in [0.3, 0.4) is 0 Å². The monoisotopic (exact) mass is 492 g/mol. The Hall–Kier alpha value is -0.910. The van der Waals surface area contributed by atoms with Gasteiger partial charge in [0.1, 0.15) is 6.26 Å². The van der Waals surface area contributed by atoms with Gasteiger partial charge in [-0.2, -0.15) is 0 Å². The maximum Gasteiger partial charge on any atom is 0.193 e. The Kier molecular flexibility index (Phi) is 9.80. The Bertz CT molecular complexity index is 542. The van der Waals surface area contributed by atoms with Crippen molar-refractivity contribution in [3.63, 3.8) is 0 Å². The van der Waals surface area contributed by atoms with E-state index in [0.29, 0.717) is 5.92 Å². The fraction of sp³-hybridized carbons (Fsp3) is 0.778. The largest absolute Gasteiger partial charge is 0.379 e. The highest BCUT2D eigenvalue weighted by molar-refractivity contribution is 14.0. The minimum atomic E-state index is 0. The smallest absolute Gasteiger partial charge is 0.193 e. The van der Waals surface area contributed by atoms with Gasteiger partial charge in [-0.05, 0) is 5.92 Å². The summed E-state index contributed by atoms with van der Waals surface area (Å²) < 4.78 is 10.3. The number of piperazine rings is 1. The molecular weight excluding hydrogens is 459 g/mol. The maximum absolute atomic E-state index is 5.42. The van der Waals surface area contributed by atoms with Crippen molar-refractivity contribution in [3.8, 4) is 0 Å². The SMILES string of the molecule is CN=C(NCC(C)CN1CCOCC1)N1CCN(Cc2ccon2)CC1.I. The highest BCUT2D eigenvalue weighted by Crippen LogP contribution is 2.08. The third kappa shape index (κ3) is 7.20. The van der Waals surface area contributed by atoms with Crippen LogP contribution in [0.5, 0.6) is 0 Å². The van der Waals surface area contributed by atoms with Crippen LogP contribution in [0.1, 0.15) is 12.6 Å². The van der Waals surface area contributed by atoms with E-state index in [1.54, 1.807) is 6.26 Å². The van der Waals surface area contributed by atoms with Crippen molar-refractivity contribution in [1.82, 2.24) is 25.2 Å². The molecule has 3 heterocycles. The molecule has 0 aliphatic carbocycles. The van der Waals surface area contributed by atoms with Gasteiger partial charge in [0.15, 0.2) is 5.96 Å². The minimum absolute atomic E-state index is 0. The van der Waals surface area contributed by atoms with E-state index in [1.807, 2.05) is 13.1 Å². The molecule has 1 aromatic rings. The number of aliphatic imine (C=N–C) groups is 1. The molecule has 1 N–H and O–H groups in total. The number of halogens is 1. The Balaban J connectivity index is 0.00000261. The van der Waals surface area contributed by atoms with Crippen LogP contribution in [-0.2, 0) is 11.3 Å². The fourth-order valence-electron chi connectivity index (χ4n) is 3.55. The number of aromatic nitrogens is 1. The summed E-state index contributed by atoms with van der Waals surface area (Å²) in [6.45, 7) is 13.0. The van der Waals surface area contributed by atoms with Crippen molar-refractivity contribution in [2.75, 3.05) is 72.6 Å². The molecule has 1 unspecified atom stereocenters. The van der Waals surface area contributed by atoms with Crippen LogP contribution >= 0.6 is 24.0 Å². The van der Waals surface area contributed by atoms with E-state index in [4.69, 9.17) is 9.26 Å². The molecule has 2 fully saturated rings. The molecule has 2 aliphatic heterocycles. The highest BCUT2D eigenvalue weighted by Gasteiger charge is 2.21. The van der Waals surface area contributed by atoms with Crippen molar-refractivity contribution in [1.29, 1.82) is 0 Å². The number of hydrogen-bond acceptors (Lipinski definition) is 6. The van der Waals surface area contributed by atoms with Gasteiger partial charge >= 0.3 is 0 Å². The number of morpholine rings is 1. The standard InChI is InChI=1S/C18H32N6O2.HI/c1-16(14-23-8-11-25-12-9-23)13-20-18(19-2)24-6-4-22(5-7-24)15-17-3-10-26-21-17;/h3,10,16H,4-9,11-15H2,1-2H3,(H,19,20);1H. The summed E-state index contributed by atoms with van der Waals surface area (Å²) in [7, 11) is 1.87. The number of hydrogen-bond donors (Lipinski definition) is 1. The summed E-state index contributed by atoms with van der Waals surface area (Å²) in [6.07, 6.45) is 1.63. The van der Waals surface area contributed by atoms with Crippen molar-refractivity contribution in [2.24, 2.45) is 10.9 Å². The van der Waals surface area contributed by atoms with Gasteiger partial charge in [0.25, 0.3) is 0 Å². The molecule has 27 heavy (non-hydrogen) atoms. The third-order valence-electron chi connectivity index (χ3n) is 5.04. The summed E-state index contributed by atoms with van der Waals surface area (Å²) in [5, 5.41) is 7.56. The van der Waals surface area contributed by atoms with Crippen LogP contribution in [0.25, 0.3) is 0 Å². The van der Waals surface area contributed by atoms with Gasteiger partial charge in [-0.3, -0.25) is 14.8 Å². The van der Waals surface area contributed by atoms with E-state index in [9.17, 15) is 0 Å². The zero-order valence-corrected chi connectivity index (χ0v) is 18.8. The van der Waals surface area contributed by atoms with Crippen LogP contribution in [0.2, 0.25) is 0 Å². The number of rotatable bonds is 6. The number of guanidine groups is 1. The van der Waals surface area contributed by atoms with Gasteiger partial charge in [-0.15, -0.1) is 24.0 Å². The van der Waals surface area contributed by atoms with Crippen LogP contribution in [0, 0.1) is 5.92 Å². The van der Waals surface area contributed by atoms with Crippen LogP contribution in [0.4, 0.5) is 0 Å². The second-order valence-corrected chi connectivity index (χ2v) is 7.20. The minimum Gasteiger partial charge on any atom is -0.379 e. The molecule has 1 aromatic heterocycles. The van der Waals surface area contributed by atoms with Gasteiger partial charge in [0, 0.05) is 72.0 Å². The predicted molar refractivity (Wildman–Crippen MR) is 117 cm³/mol. The van der Waals surface area contributed by atoms with E-state index in [1.165, 1.54) is 0 Å². The lowest BCUT2D eigenvalue weighted by molar-refractivity contribution is 0.0320. The van der Waals surface area contributed by atoms with Crippen LogP contribution in [-0.4, -0.2) is 98.4 Å². The predicted octanol–water partition coefficient (Wildman–Crippen LogP) is 0.954. The van der Waals surface area contributed by atoms with Crippen LogP contribution < -0.4 is 5.32 Å². The zero-order chi connectivity index (χ0) is 18.2. The molecule has 154 valence electrons. The lowest BCUT2D eigenvalue weighted by Gasteiger charge is -2.36. The lowest BCUT2D eigenvalue weighted by Crippen LogP contribution is -2.53. The quantitative estimate of drug-likeness (QED) is 0.361. The summed E-state index contributed by atoms with van der Waals surface area (Å²) in [5.74, 6) is 1.60. The van der Waals surface area contributed by atoms with Gasteiger partial charge in [0.2, 0.25) is 0 Å². The van der Waals surface area contributed by atoms with E-state index < -0.39 is 0 Å². The molecule has 0 amide bonds. The first-order valence-corrected chi connectivity index (χ1v) is 9.62. The normalized spacial score (nSPS) is 21.0. The average molecular weight is 492 g/mol. The van der Waals surface area contributed by atoms with Crippen molar-refractivity contribution in [2.45, 2.75) is 13.5 Å². The second-order valence-electron chi connectivity index (χ2n) is 7.20. The Morgan fingerprint density at radius 2 is 1.93 bits per heavy atom. The second kappa shape index (κ2) is 11.8. The summed E-state index contributed by atoms with van der Waals surface area (Å²) in [4.78, 5) is 11.7. The third-order valence-corrected chi connectivity index (χ3v) is 5.04. The van der Waals surface area contributed by atoms with E-state index in [0.717, 1.165) is 83.8 Å². The van der Waals surface area contributed by atoms with Gasteiger partial charge < -0.3 is 19.5 Å². The molecule has 1 atom stereocenters. The first-order valence-electron chi connectivity index (χ1n) is 9.62. The first-order chi connectivity index (χ1) is 12.7. The molecule has 2 saturated heterocycles. The molecule has 2 aliphatic rings. The van der Waals surface area contributed by atoms with Crippen molar-refractivity contribution >= 4 is 29.9 Å². The van der Waals surface area contributed by atoms with E-state index in [-0.39, 0.29) is 24.0 Å². The molecule has 0 bridgehead atoms. The summed E-state index contributed by atoms with van der Waals surface area (Å²) >= 11 is 0. The zero-order valence-electron chi connectivity index (χ0n) is 16.5. The maximum atomic E-state index is 5.42. The highest BCUT2D eigenvalue weighted by atomic mass is 127. The molecule has 9 heteroatoms. The topological polar surface area (TPSA) is 69.4 Å². The van der Waals surface area contributed by atoms with Crippen molar-refractivity contribution < 1.29 is 9.26 Å². The lowest BCUT2D eigenvalue weighted by atomic mass is 10.1. The Labute approximate surface area is 179 Å². The summed E-state index contributed by atoms with van der Waals surface area (Å²) in [5.41, 5.74) is 0.998. The van der Waals surface area contributed by atoms with Gasteiger partial charge in [-0.1, -0.05) is 12.1 Å². The number of nitrogens with zero attached hydrogens (tertiary/aromatic N) is 5. The van der Waals surface area contributed by atoms with Crippen LogP contribution in [0.15, 0.2) is 21.8 Å². The fourth-order valence-corrected chi connectivity index (χ4v) is 3.55. The average Bonchev–Trinajstić information content (AvgIpc) is 3.17. The molecular formula is C18H33IN6O2. The number of nitrogens with one attached hydrogen (secondary N) is 1. The molecule has 3 rings (SSSR count). The molecule has 0 aromatic carbocycles. The molecule has 8 nitrogen and oxygen atoms in total. The number of ether oxygens (including phenoxy) is 1. The Morgan fingerprint density at radius 1 is 1.19 bits per heavy atom. The first kappa shape index (κ1) is 22.4. The summed E-state index contributed by atoms with van der Waals surface area (Å²) in [6, 6.07) is 1.93. The van der Waals surface area contributed by atoms with Gasteiger partial charge in [0.05, 0.1) is 18.9 Å². The molecule has 0 radical (unpaired) electrons. The molecule has 0 saturated carbocycles.